The zero-order chi connectivity index (χ0) is 9.97. The van der Waals surface area contributed by atoms with E-state index in [0.29, 0.717) is 17.7 Å². The molecule has 74 valence electrons. The van der Waals surface area contributed by atoms with Gasteiger partial charge in [0.05, 0.1) is 5.69 Å². The van der Waals surface area contributed by atoms with E-state index in [9.17, 15) is 8.76 Å². The molecule has 1 unspecified atom stereocenters. The molecule has 0 saturated carbocycles. The van der Waals surface area contributed by atoms with Crippen LogP contribution >= 0.6 is 0 Å². The molecule has 0 aliphatic carbocycles. The van der Waals surface area contributed by atoms with Crippen LogP contribution in [-0.4, -0.2) is 19.7 Å². The summed E-state index contributed by atoms with van der Waals surface area (Å²) in [5, 5.41) is 4.71. The van der Waals surface area contributed by atoms with Crippen LogP contribution in [0.15, 0.2) is 28.8 Å². The van der Waals surface area contributed by atoms with Crippen molar-refractivity contribution in [1.82, 2.24) is 5.16 Å². The van der Waals surface area contributed by atoms with Crippen LogP contribution in [-0.2, 0) is 17.5 Å². The molecule has 2 rings (SSSR count). The Hall–Kier alpha value is -0.200. The zero-order valence-corrected chi connectivity index (χ0v) is 11.1. The second-order valence-electron chi connectivity index (χ2n) is 2.88. The summed E-state index contributed by atoms with van der Waals surface area (Å²) in [6, 6.07) is 7.40. The normalized spacial score (nSPS) is 12.3. The Kier molecular flexibility index (Phi) is 4.95. The molecule has 15 heavy (non-hydrogen) atoms. The first kappa shape index (κ1) is 12.9. The smallest absolute Gasteiger partial charge is 0.772 e. The van der Waals surface area contributed by atoms with Gasteiger partial charge in [-0.25, -0.2) is 0 Å². The third kappa shape index (κ3) is 3.12. The molecule has 0 saturated heterocycles. The maximum absolute atomic E-state index is 10.4. The van der Waals surface area contributed by atoms with Crippen LogP contribution in [0.4, 0.5) is 0 Å². The molecule has 0 N–H and O–H groups in total. The molecule has 0 radical (unpaired) electrons. The van der Waals surface area contributed by atoms with Crippen LogP contribution in [0.2, 0.25) is 0 Å². The SMILES string of the molecule is O=S([O-])CCc1noc2ccccc12.[Na+]. The van der Waals surface area contributed by atoms with Crippen LogP contribution < -0.4 is 29.6 Å². The fraction of sp³-hybridized carbons (Fsp3) is 0.222. The summed E-state index contributed by atoms with van der Waals surface area (Å²) in [6.07, 6.45) is 0.396. The fourth-order valence-corrected chi connectivity index (χ4v) is 1.66. The van der Waals surface area contributed by atoms with E-state index in [2.05, 4.69) is 5.16 Å². The Balaban J connectivity index is 0.00000112. The van der Waals surface area contributed by atoms with Gasteiger partial charge in [0.15, 0.2) is 5.58 Å². The van der Waals surface area contributed by atoms with E-state index in [1.165, 1.54) is 0 Å². The van der Waals surface area contributed by atoms with Gasteiger partial charge in [0.25, 0.3) is 0 Å². The van der Waals surface area contributed by atoms with Crippen molar-refractivity contribution in [2.45, 2.75) is 6.42 Å². The van der Waals surface area contributed by atoms with Crippen LogP contribution in [0.1, 0.15) is 5.69 Å². The second-order valence-corrected chi connectivity index (χ2v) is 3.90. The van der Waals surface area contributed by atoms with Gasteiger partial charge in [-0.05, 0) is 12.1 Å². The Bertz CT molecular complexity index is 471. The molecule has 0 spiro atoms. The van der Waals surface area contributed by atoms with Gasteiger partial charge in [-0.15, -0.1) is 0 Å². The van der Waals surface area contributed by atoms with Crippen molar-refractivity contribution < 1.29 is 42.8 Å². The Morgan fingerprint density at radius 2 is 2.13 bits per heavy atom. The summed E-state index contributed by atoms with van der Waals surface area (Å²) in [6.45, 7) is 0. The fourth-order valence-electron chi connectivity index (χ4n) is 1.30. The van der Waals surface area contributed by atoms with Gasteiger partial charge >= 0.3 is 29.6 Å². The maximum atomic E-state index is 10.4. The number of hydrogen-bond acceptors (Lipinski definition) is 4. The first-order valence-corrected chi connectivity index (χ1v) is 5.41. The van der Waals surface area contributed by atoms with Crippen LogP contribution in [0, 0.1) is 0 Å². The Labute approximate surface area is 112 Å². The molecule has 1 heterocycles. The average molecular weight is 233 g/mol. The number of aromatic nitrogens is 1. The van der Waals surface area contributed by atoms with E-state index in [4.69, 9.17) is 4.52 Å². The Morgan fingerprint density at radius 3 is 2.87 bits per heavy atom. The van der Waals surface area contributed by atoms with Gasteiger partial charge in [-0.3, -0.25) is 4.21 Å². The van der Waals surface area contributed by atoms with Crippen molar-refractivity contribution in [3.63, 3.8) is 0 Å². The number of hydrogen-bond donors (Lipinski definition) is 0. The van der Waals surface area contributed by atoms with Crippen molar-refractivity contribution in [2.75, 3.05) is 5.75 Å². The van der Waals surface area contributed by atoms with Crippen molar-refractivity contribution >= 4 is 22.0 Å². The summed E-state index contributed by atoms with van der Waals surface area (Å²) >= 11 is -2.02. The monoisotopic (exact) mass is 233 g/mol. The maximum Gasteiger partial charge on any atom is 1.00 e. The molecular weight excluding hydrogens is 225 g/mol. The summed E-state index contributed by atoms with van der Waals surface area (Å²) in [5.74, 6) is 0.0799. The largest absolute Gasteiger partial charge is 1.00 e. The predicted molar refractivity (Wildman–Crippen MR) is 51.5 cm³/mol. The molecule has 1 aromatic heterocycles. The van der Waals surface area contributed by atoms with Gasteiger partial charge in [-0.2, -0.15) is 0 Å². The molecule has 6 heteroatoms. The molecule has 0 aliphatic heterocycles. The van der Waals surface area contributed by atoms with Gasteiger partial charge in [0, 0.05) is 17.6 Å². The van der Waals surface area contributed by atoms with E-state index in [0.717, 1.165) is 5.39 Å². The first-order chi connectivity index (χ1) is 6.77. The van der Waals surface area contributed by atoms with Gasteiger partial charge in [0.1, 0.15) is 0 Å². The number of nitrogens with zero attached hydrogens (tertiary/aromatic N) is 1. The minimum atomic E-state index is -2.02. The van der Waals surface area contributed by atoms with Crippen molar-refractivity contribution in [3.05, 3.63) is 30.0 Å². The summed E-state index contributed by atoms with van der Waals surface area (Å²) in [5.41, 5.74) is 1.39. The topological polar surface area (TPSA) is 66.2 Å². The number of aryl methyl sites for hydroxylation is 1. The first-order valence-electron chi connectivity index (χ1n) is 4.16. The van der Waals surface area contributed by atoms with E-state index >= 15 is 0 Å². The molecule has 1 aromatic carbocycles. The van der Waals surface area contributed by atoms with Crippen LogP contribution in [0.3, 0.4) is 0 Å². The summed E-state index contributed by atoms with van der Waals surface area (Å²) in [7, 11) is 0. The number of benzene rings is 1. The molecular formula is C9H8NNaO3S. The molecule has 2 aromatic rings. The van der Waals surface area contributed by atoms with Gasteiger partial charge < -0.3 is 9.08 Å². The van der Waals surface area contributed by atoms with E-state index in [1.807, 2.05) is 18.2 Å². The number of rotatable bonds is 3. The number of para-hydroxylation sites is 1. The molecule has 1 atom stereocenters. The number of fused-ring (bicyclic) bond motifs is 1. The van der Waals surface area contributed by atoms with Crippen LogP contribution in [0.25, 0.3) is 11.0 Å². The van der Waals surface area contributed by atoms with E-state index in [-0.39, 0.29) is 35.3 Å². The third-order valence-electron chi connectivity index (χ3n) is 1.96. The molecule has 4 nitrogen and oxygen atoms in total. The second kappa shape index (κ2) is 5.77. The Morgan fingerprint density at radius 1 is 1.40 bits per heavy atom. The van der Waals surface area contributed by atoms with Crippen LogP contribution in [0.5, 0.6) is 0 Å². The predicted octanol–water partition coefficient (Wildman–Crippen LogP) is -1.75. The third-order valence-corrected chi connectivity index (χ3v) is 2.50. The molecule has 0 bridgehead atoms. The minimum absolute atomic E-state index is 0. The zero-order valence-electron chi connectivity index (χ0n) is 8.30. The average Bonchev–Trinajstić information content (AvgIpc) is 2.58. The minimum Gasteiger partial charge on any atom is -0.772 e. The summed E-state index contributed by atoms with van der Waals surface area (Å²) < 4.78 is 25.8. The van der Waals surface area contributed by atoms with E-state index in [1.54, 1.807) is 6.07 Å². The quantitative estimate of drug-likeness (QED) is 0.466. The van der Waals surface area contributed by atoms with Crippen molar-refractivity contribution in [3.8, 4) is 0 Å². The molecule has 0 aliphatic rings. The van der Waals surface area contributed by atoms with Gasteiger partial charge in [0.2, 0.25) is 0 Å². The molecule has 0 amide bonds. The van der Waals surface area contributed by atoms with E-state index < -0.39 is 11.1 Å². The standard InChI is InChI=1S/C9H9NO3S.Na/c11-14(12)6-5-8-7-3-1-2-4-9(7)13-10-8;/h1-4H,5-6H2,(H,11,12);/q;+1/p-1. The summed E-state index contributed by atoms with van der Waals surface area (Å²) in [4.78, 5) is 0. The van der Waals surface area contributed by atoms with Crippen molar-refractivity contribution in [1.29, 1.82) is 0 Å². The van der Waals surface area contributed by atoms with Gasteiger partial charge in [-0.1, -0.05) is 28.4 Å². The van der Waals surface area contributed by atoms with Crippen molar-refractivity contribution in [2.24, 2.45) is 0 Å². The molecule has 0 fully saturated rings.